The third-order valence-electron chi connectivity index (χ3n) is 8.96. The van der Waals surface area contributed by atoms with Crippen LogP contribution in [0.3, 0.4) is 0 Å². The van der Waals surface area contributed by atoms with Gasteiger partial charge in [-0.15, -0.1) is 0 Å². The van der Waals surface area contributed by atoms with Gasteiger partial charge in [-0.3, -0.25) is 0 Å². The zero-order valence-electron chi connectivity index (χ0n) is 25.9. The van der Waals surface area contributed by atoms with E-state index < -0.39 is 12.2 Å². The van der Waals surface area contributed by atoms with Crippen LogP contribution in [-0.2, 0) is 50.7 Å². The molecule has 0 radical (unpaired) electrons. The Labute approximate surface area is 275 Å². The maximum atomic E-state index is 10.7. The van der Waals surface area contributed by atoms with Gasteiger partial charge in [0.25, 0.3) is 0 Å². The van der Waals surface area contributed by atoms with E-state index in [1.54, 1.807) is 0 Å². The van der Waals surface area contributed by atoms with Gasteiger partial charge in [-0.25, -0.2) is 0 Å². The van der Waals surface area contributed by atoms with Crippen molar-refractivity contribution < 1.29 is 24.1 Å². The van der Waals surface area contributed by atoms with Crippen LogP contribution in [0, 0.1) is 0 Å². The van der Waals surface area contributed by atoms with Gasteiger partial charge in [-0.1, -0.05) is 119 Å². The lowest BCUT2D eigenvalue weighted by Gasteiger charge is -2.44. The molecule has 0 bridgehead atoms. The van der Waals surface area contributed by atoms with Crippen LogP contribution in [0.5, 0.6) is 0 Å². The van der Waals surface area contributed by atoms with E-state index in [9.17, 15) is 5.11 Å². The molecular formula is C39H43BrO5. The van der Waals surface area contributed by atoms with Crippen molar-refractivity contribution in [2.75, 3.05) is 0 Å². The third kappa shape index (κ3) is 8.31. The van der Waals surface area contributed by atoms with Crippen molar-refractivity contribution in [3.63, 3.8) is 0 Å². The minimum atomic E-state index is -0.454. The number of aliphatic hydroxyl groups excluding tert-OH is 1. The fraction of sp³-hybridized carbons (Fsp3) is 0.385. The van der Waals surface area contributed by atoms with E-state index in [1.165, 1.54) is 24.0 Å². The van der Waals surface area contributed by atoms with Crippen molar-refractivity contribution in [3.05, 3.63) is 142 Å². The van der Waals surface area contributed by atoms with Gasteiger partial charge in [0, 0.05) is 11.8 Å². The van der Waals surface area contributed by atoms with E-state index in [0.29, 0.717) is 32.2 Å². The molecule has 5 nitrogen and oxygen atoms in total. The predicted molar refractivity (Wildman–Crippen MR) is 180 cm³/mol. The SMILES string of the molecule is CC(OCc1ccccc1)C1CC(OCc2ccccc2)[C@@H](OCc2ccccc2)C(c2cc(CBr)c(C3CC3)cc2CO)O1. The molecule has 0 spiro atoms. The summed E-state index contributed by atoms with van der Waals surface area (Å²) in [5, 5.41) is 11.4. The average Bonchev–Trinajstić information content (AvgIpc) is 3.95. The summed E-state index contributed by atoms with van der Waals surface area (Å²) in [5.74, 6) is 0.565. The smallest absolute Gasteiger partial charge is 0.114 e. The molecule has 1 N–H and O–H groups in total. The van der Waals surface area contributed by atoms with Crippen molar-refractivity contribution in [2.45, 2.75) is 94.4 Å². The van der Waals surface area contributed by atoms with Crippen LogP contribution >= 0.6 is 15.9 Å². The Morgan fingerprint density at radius 2 is 1.31 bits per heavy atom. The van der Waals surface area contributed by atoms with E-state index in [4.69, 9.17) is 18.9 Å². The molecule has 1 aliphatic heterocycles. The van der Waals surface area contributed by atoms with E-state index in [1.807, 2.05) is 54.6 Å². The lowest BCUT2D eigenvalue weighted by molar-refractivity contribution is -0.231. The van der Waals surface area contributed by atoms with Crippen LogP contribution < -0.4 is 0 Å². The maximum absolute atomic E-state index is 10.7. The number of hydrogen-bond donors (Lipinski definition) is 1. The predicted octanol–water partition coefficient (Wildman–Crippen LogP) is 8.56. The summed E-state index contributed by atoms with van der Waals surface area (Å²) < 4.78 is 26.9. The molecule has 4 unspecified atom stereocenters. The summed E-state index contributed by atoms with van der Waals surface area (Å²) >= 11 is 3.75. The molecule has 45 heavy (non-hydrogen) atoms. The first kappa shape index (κ1) is 32.1. The van der Waals surface area contributed by atoms with Crippen molar-refractivity contribution in [1.29, 1.82) is 0 Å². The Hall–Kier alpha value is -2.84. The number of rotatable bonds is 14. The molecule has 4 aromatic rings. The minimum Gasteiger partial charge on any atom is -0.392 e. The van der Waals surface area contributed by atoms with E-state index in [2.05, 4.69) is 71.4 Å². The Morgan fingerprint density at radius 1 is 0.756 bits per heavy atom. The Morgan fingerprint density at radius 3 is 1.87 bits per heavy atom. The highest BCUT2D eigenvalue weighted by Gasteiger charge is 2.44. The Bertz CT molecular complexity index is 1480. The standard InChI is InChI=1S/C39H43BrO5/c1-27(42-24-28-11-5-2-6-12-28)36-21-37(43-25-29-13-7-3-8-14-29)39(44-26-30-15-9-4-10-16-30)38(45-36)35-19-32(22-40)34(31-17-18-31)20-33(35)23-41/h2-16,19-20,27,31,36-39,41H,17-18,21-26H2,1H3/t27?,36?,37?,38?,39-/m1/s1. The van der Waals surface area contributed by atoms with E-state index in [0.717, 1.165) is 33.1 Å². The summed E-state index contributed by atoms with van der Waals surface area (Å²) in [6.45, 7) is 3.42. The summed E-state index contributed by atoms with van der Waals surface area (Å²) in [5.41, 5.74) is 7.74. The molecule has 6 rings (SSSR count). The van der Waals surface area contributed by atoms with Crippen LogP contribution in [-0.4, -0.2) is 29.5 Å². The van der Waals surface area contributed by atoms with Gasteiger partial charge in [0.15, 0.2) is 0 Å². The highest BCUT2D eigenvalue weighted by Crippen LogP contribution is 2.45. The first-order valence-corrected chi connectivity index (χ1v) is 17.2. The van der Waals surface area contributed by atoms with Gasteiger partial charge >= 0.3 is 0 Å². The normalized spacial score (nSPS) is 22.3. The number of hydrogen-bond acceptors (Lipinski definition) is 5. The minimum absolute atomic E-state index is 0.0663. The fourth-order valence-electron chi connectivity index (χ4n) is 6.26. The molecule has 2 fully saturated rings. The topological polar surface area (TPSA) is 57.2 Å². The van der Waals surface area contributed by atoms with Gasteiger partial charge in [-0.2, -0.15) is 0 Å². The lowest BCUT2D eigenvalue weighted by atomic mass is 9.86. The zero-order valence-corrected chi connectivity index (χ0v) is 27.5. The van der Waals surface area contributed by atoms with Gasteiger partial charge in [0.1, 0.15) is 12.2 Å². The summed E-state index contributed by atoms with van der Waals surface area (Å²) in [4.78, 5) is 0. The molecule has 1 heterocycles. The molecule has 1 saturated heterocycles. The zero-order chi connectivity index (χ0) is 31.0. The number of ether oxygens (including phenoxy) is 4. The van der Waals surface area contributed by atoms with Crippen molar-refractivity contribution in [1.82, 2.24) is 0 Å². The highest BCUT2D eigenvalue weighted by molar-refractivity contribution is 9.08. The molecule has 5 atom stereocenters. The van der Waals surface area contributed by atoms with Crippen LogP contribution in [0.1, 0.15) is 77.2 Å². The van der Waals surface area contributed by atoms with Crippen LogP contribution in [0.15, 0.2) is 103 Å². The van der Waals surface area contributed by atoms with Crippen molar-refractivity contribution >= 4 is 15.9 Å². The number of alkyl halides is 1. The first-order valence-electron chi connectivity index (χ1n) is 16.1. The highest BCUT2D eigenvalue weighted by atomic mass is 79.9. The molecule has 6 heteroatoms. The molecule has 236 valence electrons. The van der Waals surface area contributed by atoms with Gasteiger partial charge in [0.2, 0.25) is 0 Å². The van der Waals surface area contributed by atoms with Crippen LogP contribution in [0.4, 0.5) is 0 Å². The summed E-state index contributed by atoms with van der Waals surface area (Å²) in [6.07, 6.45) is 1.47. The first-order chi connectivity index (χ1) is 22.1. The lowest BCUT2D eigenvalue weighted by Crippen LogP contribution is -2.49. The molecular weight excluding hydrogens is 628 g/mol. The average molecular weight is 672 g/mol. The van der Waals surface area contributed by atoms with Gasteiger partial charge in [-0.05, 0) is 64.6 Å². The number of halogens is 1. The van der Waals surface area contributed by atoms with Gasteiger partial charge in [0.05, 0.1) is 44.7 Å². The molecule has 1 aliphatic carbocycles. The quantitative estimate of drug-likeness (QED) is 0.136. The van der Waals surface area contributed by atoms with Crippen molar-refractivity contribution in [3.8, 4) is 0 Å². The number of aliphatic hydroxyl groups is 1. The van der Waals surface area contributed by atoms with Crippen LogP contribution in [0.2, 0.25) is 0 Å². The Balaban J connectivity index is 1.34. The van der Waals surface area contributed by atoms with Gasteiger partial charge < -0.3 is 24.1 Å². The largest absolute Gasteiger partial charge is 0.392 e. The van der Waals surface area contributed by atoms with Crippen LogP contribution in [0.25, 0.3) is 0 Å². The fourth-order valence-corrected chi connectivity index (χ4v) is 6.75. The monoisotopic (exact) mass is 670 g/mol. The summed E-state index contributed by atoms with van der Waals surface area (Å²) in [6, 6.07) is 35.1. The third-order valence-corrected chi connectivity index (χ3v) is 9.57. The molecule has 4 aromatic carbocycles. The molecule has 1 saturated carbocycles. The summed E-state index contributed by atoms with van der Waals surface area (Å²) in [7, 11) is 0. The molecule has 0 aromatic heterocycles. The maximum Gasteiger partial charge on any atom is 0.114 e. The molecule has 0 amide bonds. The number of benzene rings is 4. The Kier molecular flexibility index (Phi) is 11.2. The second kappa shape index (κ2) is 15.6. The van der Waals surface area contributed by atoms with Crippen molar-refractivity contribution in [2.24, 2.45) is 0 Å². The second-order valence-corrected chi connectivity index (χ2v) is 12.8. The molecule has 2 aliphatic rings. The second-order valence-electron chi connectivity index (χ2n) is 12.2. The van der Waals surface area contributed by atoms with E-state index >= 15 is 0 Å². The van der Waals surface area contributed by atoms with E-state index in [-0.39, 0.29) is 24.9 Å².